The molecule has 13 heavy (non-hydrogen) atoms. The Kier molecular flexibility index (Phi) is 3.04. The molecule has 0 aliphatic rings. The topological polar surface area (TPSA) is 43.1 Å². The van der Waals surface area contributed by atoms with Crippen LogP contribution in [0, 0.1) is 17.7 Å². The summed E-state index contributed by atoms with van der Waals surface area (Å²) in [5.41, 5.74) is 5.21. The number of carbonyl (C=O) groups is 1. The number of halogens is 2. The molecule has 0 fully saturated rings. The Morgan fingerprint density at radius 1 is 1.54 bits per heavy atom. The second-order valence-electron chi connectivity index (χ2n) is 2.24. The van der Waals surface area contributed by atoms with Crippen LogP contribution in [-0.2, 0) is 4.79 Å². The first kappa shape index (κ1) is 9.75. The highest BCUT2D eigenvalue weighted by molar-refractivity contribution is 9.10. The summed E-state index contributed by atoms with van der Waals surface area (Å²) in [5.74, 6) is 3.39. The van der Waals surface area contributed by atoms with E-state index in [1.54, 1.807) is 6.07 Å². The molecule has 0 radical (unpaired) electrons. The Morgan fingerprint density at radius 3 is 2.77 bits per heavy atom. The van der Waals surface area contributed by atoms with Crippen LogP contribution in [0.3, 0.4) is 0 Å². The summed E-state index contributed by atoms with van der Waals surface area (Å²) in [6.45, 7) is 0. The third-order valence-corrected chi connectivity index (χ3v) is 1.89. The van der Waals surface area contributed by atoms with E-state index in [-0.39, 0.29) is 0 Å². The van der Waals surface area contributed by atoms with Crippen molar-refractivity contribution in [1.82, 2.24) is 0 Å². The zero-order valence-corrected chi connectivity index (χ0v) is 8.06. The van der Waals surface area contributed by atoms with Crippen molar-refractivity contribution in [1.29, 1.82) is 0 Å². The van der Waals surface area contributed by atoms with E-state index in [9.17, 15) is 9.18 Å². The molecule has 0 spiro atoms. The summed E-state index contributed by atoms with van der Waals surface area (Å²) in [6.07, 6.45) is 0. The fourth-order valence-corrected chi connectivity index (χ4v) is 0.954. The third kappa shape index (κ3) is 2.88. The first-order valence-corrected chi connectivity index (χ1v) is 4.15. The van der Waals surface area contributed by atoms with Crippen LogP contribution in [0.25, 0.3) is 0 Å². The fourth-order valence-electron chi connectivity index (χ4n) is 0.708. The van der Waals surface area contributed by atoms with E-state index in [2.05, 4.69) is 27.8 Å². The van der Waals surface area contributed by atoms with Crippen LogP contribution in [0.5, 0.6) is 0 Å². The van der Waals surface area contributed by atoms with Gasteiger partial charge in [0.05, 0.1) is 4.47 Å². The average molecular weight is 242 g/mol. The molecule has 0 heterocycles. The first-order valence-electron chi connectivity index (χ1n) is 3.36. The molecule has 1 aromatic carbocycles. The summed E-state index contributed by atoms with van der Waals surface area (Å²) >= 11 is 2.99. The van der Waals surface area contributed by atoms with E-state index < -0.39 is 11.7 Å². The number of nitrogens with two attached hydrogens (primary N) is 1. The van der Waals surface area contributed by atoms with E-state index in [1.165, 1.54) is 12.1 Å². The van der Waals surface area contributed by atoms with E-state index in [4.69, 9.17) is 5.73 Å². The summed E-state index contributed by atoms with van der Waals surface area (Å²) < 4.78 is 13.2. The van der Waals surface area contributed by atoms with Gasteiger partial charge in [0.2, 0.25) is 0 Å². The minimum Gasteiger partial charge on any atom is -0.359 e. The Hall–Kier alpha value is -1.34. The van der Waals surface area contributed by atoms with Gasteiger partial charge in [0, 0.05) is 5.56 Å². The average Bonchev–Trinajstić information content (AvgIpc) is 2.07. The summed E-state index contributed by atoms with van der Waals surface area (Å²) in [7, 11) is 0. The van der Waals surface area contributed by atoms with Gasteiger partial charge in [0.15, 0.2) is 0 Å². The van der Waals surface area contributed by atoms with Gasteiger partial charge in [0.25, 0.3) is 5.91 Å². The lowest BCUT2D eigenvalue weighted by atomic mass is 10.2. The zero-order chi connectivity index (χ0) is 9.84. The molecule has 2 N–H and O–H groups in total. The lowest BCUT2D eigenvalue weighted by Crippen LogP contribution is -2.06. The van der Waals surface area contributed by atoms with E-state index in [0.29, 0.717) is 10.0 Å². The van der Waals surface area contributed by atoms with Crippen LogP contribution < -0.4 is 5.73 Å². The second kappa shape index (κ2) is 4.06. The van der Waals surface area contributed by atoms with Crippen LogP contribution in [0.4, 0.5) is 4.39 Å². The maximum absolute atomic E-state index is 12.9. The lowest BCUT2D eigenvalue weighted by Gasteiger charge is -1.93. The highest BCUT2D eigenvalue weighted by atomic mass is 79.9. The smallest absolute Gasteiger partial charge is 0.293 e. The van der Waals surface area contributed by atoms with Gasteiger partial charge in [-0.2, -0.15) is 0 Å². The highest BCUT2D eigenvalue weighted by Gasteiger charge is 1.97. The highest BCUT2D eigenvalue weighted by Crippen LogP contribution is 2.15. The number of carbonyl (C=O) groups excluding carboxylic acids is 1. The first-order chi connectivity index (χ1) is 6.09. The van der Waals surface area contributed by atoms with Crippen LogP contribution in [0.1, 0.15) is 5.56 Å². The van der Waals surface area contributed by atoms with Crippen molar-refractivity contribution < 1.29 is 9.18 Å². The Morgan fingerprint density at radius 2 is 2.23 bits per heavy atom. The van der Waals surface area contributed by atoms with E-state index in [0.717, 1.165) is 0 Å². The van der Waals surface area contributed by atoms with Crippen molar-refractivity contribution in [3.8, 4) is 11.8 Å². The molecule has 1 aromatic rings. The lowest BCUT2D eigenvalue weighted by molar-refractivity contribution is -0.112. The molecule has 2 nitrogen and oxygen atoms in total. The predicted molar refractivity (Wildman–Crippen MR) is 50.2 cm³/mol. The minimum absolute atomic E-state index is 0.358. The van der Waals surface area contributed by atoms with Gasteiger partial charge in [-0.05, 0) is 40.0 Å². The maximum Gasteiger partial charge on any atom is 0.293 e. The summed E-state index contributed by atoms with van der Waals surface area (Å²) in [4.78, 5) is 10.3. The number of hydrogen-bond acceptors (Lipinski definition) is 1. The monoisotopic (exact) mass is 241 g/mol. The van der Waals surface area contributed by atoms with Gasteiger partial charge in [-0.25, -0.2) is 4.39 Å². The van der Waals surface area contributed by atoms with Crippen molar-refractivity contribution in [3.05, 3.63) is 34.1 Å². The van der Waals surface area contributed by atoms with Gasteiger partial charge in [-0.1, -0.05) is 5.92 Å². The van der Waals surface area contributed by atoms with Crippen LogP contribution in [-0.4, -0.2) is 5.91 Å². The standard InChI is InChI=1S/C9H5BrFNO/c10-7-3-1-6(5-8(7)11)2-4-9(12)13/h1,3,5H,(H2,12,13). The van der Waals surface area contributed by atoms with Crippen molar-refractivity contribution in [2.45, 2.75) is 0 Å². The normalized spacial score (nSPS) is 8.77. The zero-order valence-electron chi connectivity index (χ0n) is 6.47. The molecule has 0 saturated heterocycles. The molecule has 1 amide bonds. The van der Waals surface area contributed by atoms with Gasteiger partial charge in [0.1, 0.15) is 5.82 Å². The van der Waals surface area contributed by atoms with Crippen molar-refractivity contribution >= 4 is 21.8 Å². The minimum atomic E-state index is -0.733. The molecule has 4 heteroatoms. The van der Waals surface area contributed by atoms with E-state index >= 15 is 0 Å². The number of hydrogen-bond donors (Lipinski definition) is 1. The molecule has 0 aliphatic carbocycles. The second-order valence-corrected chi connectivity index (χ2v) is 3.10. The largest absolute Gasteiger partial charge is 0.359 e. The Labute approximate surface area is 83.1 Å². The van der Waals surface area contributed by atoms with Gasteiger partial charge in [-0.15, -0.1) is 0 Å². The molecule has 0 saturated carbocycles. The number of rotatable bonds is 0. The van der Waals surface area contributed by atoms with Crippen LogP contribution in [0.2, 0.25) is 0 Å². The number of primary amides is 1. The van der Waals surface area contributed by atoms with E-state index in [1.807, 2.05) is 0 Å². The molecular weight excluding hydrogens is 237 g/mol. The van der Waals surface area contributed by atoms with Gasteiger partial charge >= 0.3 is 0 Å². The predicted octanol–water partition coefficient (Wildman–Crippen LogP) is 1.43. The number of benzene rings is 1. The molecule has 0 aliphatic heterocycles. The Balaban J connectivity index is 3.00. The SMILES string of the molecule is NC(=O)C#Cc1ccc(Br)c(F)c1. The Bertz CT molecular complexity index is 406. The molecule has 0 aromatic heterocycles. The van der Waals surface area contributed by atoms with Crippen molar-refractivity contribution in [2.75, 3.05) is 0 Å². The van der Waals surface area contributed by atoms with Gasteiger partial charge < -0.3 is 5.73 Å². The van der Waals surface area contributed by atoms with Crippen LogP contribution >= 0.6 is 15.9 Å². The molecule has 0 unspecified atom stereocenters. The molecule has 66 valence electrons. The van der Waals surface area contributed by atoms with Crippen LogP contribution in [0.15, 0.2) is 22.7 Å². The molecule has 0 atom stereocenters. The third-order valence-electron chi connectivity index (χ3n) is 1.25. The summed E-state index contributed by atoms with van der Waals surface area (Å²) in [6, 6.07) is 4.32. The number of amides is 1. The maximum atomic E-state index is 12.9. The fraction of sp³-hybridized carbons (Fsp3) is 0. The summed E-state index contributed by atoms with van der Waals surface area (Å²) in [5, 5.41) is 0. The molecule has 0 bridgehead atoms. The quantitative estimate of drug-likeness (QED) is 0.687. The van der Waals surface area contributed by atoms with Gasteiger partial charge in [-0.3, -0.25) is 4.79 Å². The molecule has 1 rings (SSSR count). The van der Waals surface area contributed by atoms with Crippen molar-refractivity contribution in [2.24, 2.45) is 5.73 Å². The van der Waals surface area contributed by atoms with Crippen molar-refractivity contribution in [3.63, 3.8) is 0 Å². The molecular formula is C9H5BrFNO.